The fraction of sp³-hybridized carbons (Fsp3) is 0.600. The van der Waals surface area contributed by atoms with Gasteiger partial charge in [0, 0.05) is 52.0 Å². The van der Waals surface area contributed by atoms with E-state index in [0.29, 0.717) is 6.04 Å². The van der Waals surface area contributed by atoms with E-state index in [-0.39, 0.29) is 0 Å². The molecular formula is C25H38N6. The molecule has 4 rings (SSSR count). The summed E-state index contributed by atoms with van der Waals surface area (Å²) >= 11 is 0. The molecule has 0 aliphatic carbocycles. The molecule has 0 saturated carbocycles. The number of fused-ring (bicyclic) bond motifs is 1. The second-order valence-electron chi connectivity index (χ2n) is 9.02. The zero-order valence-corrected chi connectivity index (χ0v) is 19.2. The summed E-state index contributed by atoms with van der Waals surface area (Å²) in [4.78, 5) is 10.2. The van der Waals surface area contributed by atoms with E-state index in [2.05, 4.69) is 63.7 Å². The van der Waals surface area contributed by atoms with E-state index in [0.717, 1.165) is 57.4 Å². The molecule has 6 nitrogen and oxygen atoms in total. The molecule has 1 N–H and O–H groups in total. The highest BCUT2D eigenvalue weighted by molar-refractivity contribution is 5.80. The number of nitrogens with zero attached hydrogens (tertiary/aromatic N) is 5. The highest BCUT2D eigenvalue weighted by Crippen LogP contribution is 2.31. The summed E-state index contributed by atoms with van der Waals surface area (Å²) in [5.74, 6) is 1.85. The maximum atomic E-state index is 4.97. The van der Waals surface area contributed by atoms with E-state index in [1.807, 2.05) is 17.9 Å². The lowest BCUT2D eigenvalue weighted by Gasteiger charge is -2.48. The van der Waals surface area contributed by atoms with Crippen molar-refractivity contribution in [2.75, 3.05) is 32.7 Å². The van der Waals surface area contributed by atoms with Crippen molar-refractivity contribution in [3.63, 3.8) is 0 Å². The van der Waals surface area contributed by atoms with Gasteiger partial charge < -0.3 is 10.2 Å². The van der Waals surface area contributed by atoms with E-state index in [1.54, 1.807) is 0 Å². The number of benzene rings is 1. The van der Waals surface area contributed by atoms with E-state index >= 15 is 0 Å². The van der Waals surface area contributed by atoms with Crippen molar-refractivity contribution in [2.24, 2.45) is 18.0 Å². The molecule has 31 heavy (non-hydrogen) atoms. The number of aliphatic imine (C=N–C) groups is 1. The largest absolute Gasteiger partial charge is 0.357 e. The molecule has 2 aliphatic rings. The van der Waals surface area contributed by atoms with Gasteiger partial charge in [-0.05, 0) is 62.6 Å². The van der Waals surface area contributed by atoms with Gasteiger partial charge in [0.05, 0.1) is 6.20 Å². The Balaban J connectivity index is 1.32. The van der Waals surface area contributed by atoms with Crippen LogP contribution in [0.5, 0.6) is 0 Å². The molecule has 2 aromatic rings. The molecule has 3 heterocycles. The normalized spacial score (nSPS) is 22.4. The molecular weight excluding hydrogens is 384 g/mol. The number of nitrogens with one attached hydrogen (secondary N) is 1. The molecule has 2 fully saturated rings. The van der Waals surface area contributed by atoms with Gasteiger partial charge in [0.15, 0.2) is 5.96 Å². The smallest absolute Gasteiger partial charge is 0.193 e. The Morgan fingerprint density at radius 1 is 1.16 bits per heavy atom. The van der Waals surface area contributed by atoms with Gasteiger partial charge in [-0.25, -0.2) is 0 Å². The molecule has 0 radical (unpaired) electrons. The van der Waals surface area contributed by atoms with Crippen LogP contribution in [0.4, 0.5) is 0 Å². The van der Waals surface area contributed by atoms with Gasteiger partial charge in [-0.2, -0.15) is 5.10 Å². The molecule has 1 aromatic heterocycles. The first-order chi connectivity index (χ1) is 15.2. The summed E-state index contributed by atoms with van der Waals surface area (Å²) < 4.78 is 1.87. The summed E-state index contributed by atoms with van der Waals surface area (Å²) in [5.41, 5.74) is 2.73. The minimum atomic E-state index is 0.707. The third-order valence-corrected chi connectivity index (χ3v) is 6.69. The Labute approximate surface area is 187 Å². The van der Waals surface area contributed by atoms with E-state index in [1.165, 1.54) is 36.9 Å². The topological polar surface area (TPSA) is 48.7 Å². The monoisotopic (exact) mass is 422 g/mol. The van der Waals surface area contributed by atoms with Crippen molar-refractivity contribution in [3.05, 3.63) is 53.9 Å². The van der Waals surface area contributed by atoms with Crippen molar-refractivity contribution in [2.45, 2.75) is 51.6 Å². The first kappa shape index (κ1) is 21.9. The van der Waals surface area contributed by atoms with Crippen LogP contribution >= 0.6 is 0 Å². The molecule has 2 saturated heterocycles. The van der Waals surface area contributed by atoms with Crippen LogP contribution in [0.1, 0.15) is 43.7 Å². The molecule has 0 amide bonds. The Hall–Kier alpha value is -2.34. The predicted octanol–water partition coefficient (Wildman–Crippen LogP) is 3.30. The molecule has 0 bridgehead atoms. The second-order valence-corrected chi connectivity index (χ2v) is 9.02. The van der Waals surface area contributed by atoms with E-state index in [9.17, 15) is 0 Å². The van der Waals surface area contributed by atoms with Crippen LogP contribution in [-0.2, 0) is 20.0 Å². The maximum absolute atomic E-state index is 4.97. The Morgan fingerprint density at radius 3 is 2.81 bits per heavy atom. The number of hydrogen-bond donors (Lipinski definition) is 1. The third kappa shape index (κ3) is 5.88. The first-order valence-corrected chi connectivity index (χ1v) is 12.0. The molecule has 168 valence electrons. The van der Waals surface area contributed by atoms with Crippen LogP contribution < -0.4 is 5.32 Å². The van der Waals surface area contributed by atoms with Crippen molar-refractivity contribution < 1.29 is 0 Å². The Kier molecular flexibility index (Phi) is 7.62. The zero-order chi connectivity index (χ0) is 21.5. The van der Waals surface area contributed by atoms with Crippen molar-refractivity contribution in [3.8, 4) is 0 Å². The number of aryl methyl sites for hydroxylation is 2. The second kappa shape index (κ2) is 10.8. The standard InChI is InChI=1S/C25H38N6/c1-3-26-25(27-14-7-11-22-17-28-29(2)18-22)31-16-13-24-23(20-31)12-8-15-30(24)19-21-9-5-4-6-10-21/h4-6,9-10,17-18,23-24H,3,7-8,11-16,19-20H2,1-2H3,(H,26,27). The Bertz CT molecular complexity index is 830. The van der Waals surface area contributed by atoms with Gasteiger partial charge in [-0.15, -0.1) is 0 Å². The van der Waals surface area contributed by atoms with Crippen molar-refractivity contribution in [1.82, 2.24) is 24.9 Å². The molecule has 2 aliphatic heterocycles. The van der Waals surface area contributed by atoms with Gasteiger partial charge in [-0.3, -0.25) is 14.6 Å². The lowest BCUT2D eigenvalue weighted by molar-refractivity contribution is 0.0372. The molecule has 2 atom stereocenters. The number of likely N-dealkylation sites (tertiary alicyclic amines) is 2. The summed E-state index contributed by atoms with van der Waals surface area (Å²) in [6.45, 7) is 8.50. The number of guanidine groups is 1. The quantitative estimate of drug-likeness (QED) is 0.423. The van der Waals surface area contributed by atoms with Gasteiger partial charge >= 0.3 is 0 Å². The van der Waals surface area contributed by atoms with E-state index < -0.39 is 0 Å². The highest BCUT2D eigenvalue weighted by Gasteiger charge is 2.36. The lowest BCUT2D eigenvalue weighted by Crippen LogP contribution is -2.56. The first-order valence-electron chi connectivity index (χ1n) is 12.0. The average Bonchev–Trinajstić information content (AvgIpc) is 3.21. The van der Waals surface area contributed by atoms with Crippen molar-refractivity contribution in [1.29, 1.82) is 0 Å². The minimum Gasteiger partial charge on any atom is -0.357 e. The summed E-state index contributed by atoms with van der Waals surface area (Å²) in [6.07, 6.45) is 10.0. The number of rotatable bonds is 7. The van der Waals surface area contributed by atoms with Crippen LogP contribution in [0.3, 0.4) is 0 Å². The zero-order valence-electron chi connectivity index (χ0n) is 19.2. The number of aromatic nitrogens is 2. The predicted molar refractivity (Wildman–Crippen MR) is 127 cm³/mol. The number of piperidine rings is 2. The van der Waals surface area contributed by atoms with Crippen LogP contribution in [0.2, 0.25) is 0 Å². The van der Waals surface area contributed by atoms with Crippen LogP contribution in [0.25, 0.3) is 0 Å². The van der Waals surface area contributed by atoms with Crippen molar-refractivity contribution >= 4 is 5.96 Å². The summed E-state index contributed by atoms with van der Waals surface area (Å²) in [7, 11) is 1.97. The average molecular weight is 423 g/mol. The molecule has 2 unspecified atom stereocenters. The SMILES string of the molecule is CCNC(=NCCCc1cnn(C)c1)N1CCC2C(CCCN2Cc2ccccc2)C1. The summed E-state index contributed by atoms with van der Waals surface area (Å²) in [6, 6.07) is 11.7. The lowest BCUT2D eigenvalue weighted by atomic mass is 9.83. The number of hydrogen-bond acceptors (Lipinski definition) is 3. The molecule has 6 heteroatoms. The van der Waals surface area contributed by atoms with Gasteiger partial charge in [0.25, 0.3) is 0 Å². The maximum Gasteiger partial charge on any atom is 0.193 e. The summed E-state index contributed by atoms with van der Waals surface area (Å²) in [5, 5.41) is 7.81. The highest BCUT2D eigenvalue weighted by atomic mass is 15.3. The molecule has 1 aromatic carbocycles. The minimum absolute atomic E-state index is 0.707. The fourth-order valence-corrected chi connectivity index (χ4v) is 5.21. The van der Waals surface area contributed by atoms with E-state index in [4.69, 9.17) is 4.99 Å². The van der Waals surface area contributed by atoms with Gasteiger partial charge in [-0.1, -0.05) is 30.3 Å². The van der Waals surface area contributed by atoms with Crippen LogP contribution in [0.15, 0.2) is 47.7 Å². The van der Waals surface area contributed by atoms with Crippen LogP contribution in [-0.4, -0.2) is 64.3 Å². The fourth-order valence-electron chi connectivity index (χ4n) is 5.21. The molecule has 0 spiro atoms. The third-order valence-electron chi connectivity index (χ3n) is 6.69. The van der Waals surface area contributed by atoms with Gasteiger partial charge in [0.1, 0.15) is 0 Å². The Morgan fingerprint density at radius 2 is 2.03 bits per heavy atom. The van der Waals surface area contributed by atoms with Crippen LogP contribution in [0, 0.1) is 5.92 Å². The van der Waals surface area contributed by atoms with Gasteiger partial charge in [0.2, 0.25) is 0 Å².